The van der Waals surface area contributed by atoms with Crippen LogP contribution in [0, 0.1) is 0 Å². The van der Waals surface area contributed by atoms with Gasteiger partial charge in [-0.2, -0.15) is 26.3 Å². The van der Waals surface area contributed by atoms with Crippen molar-refractivity contribution < 1.29 is 31.1 Å². The van der Waals surface area contributed by atoms with E-state index in [4.69, 9.17) is 0 Å². The number of carbonyl (C=O) groups excluding carboxylic acids is 1. The summed E-state index contributed by atoms with van der Waals surface area (Å²) in [5.74, 6) is -0.721. The Morgan fingerprint density at radius 2 is 1.12 bits per heavy atom. The smallest absolute Gasteiger partial charge is 0.299 e. The second-order valence-corrected chi connectivity index (χ2v) is 2.83. The molecule has 92 valence electrons. The van der Waals surface area contributed by atoms with Crippen molar-refractivity contribution in [2.45, 2.75) is 25.2 Å². The maximum Gasteiger partial charge on any atom is 0.409 e. The SMILES string of the molecule is O=C(CC=CC(F)(F)F)CC=CC(F)(F)F. The number of alkyl halides is 6. The van der Waals surface area contributed by atoms with Crippen LogP contribution in [-0.4, -0.2) is 18.1 Å². The van der Waals surface area contributed by atoms with Crippen molar-refractivity contribution in [1.82, 2.24) is 0 Å². The van der Waals surface area contributed by atoms with Gasteiger partial charge in [0.25, 0.3) is 0 Å². The van der Waals surface area contributed by atoms with Gasteiger partial charge in [-0.25, -0.2) is 0 Å². The summed E-state index contributed by atoms with van der Waals surface area (Å²) >= 11 is 0. The molecule has 0 N–H and O–H groups in total. The number of halogens is 6. The minimum Gasteiger partial charge on any atom is -0.299 e. The summed E-state index contributed by atoms with van der Waals surface area (Å²) in [6.07, 6.45) is -9.21. The normalized spacial score (nSPS) is 13.9. The van der Waals surface area contributed by atoms with Crippen LogP contribution in [-0.2, 0) is 4.79 Å². The molecule has 0 aliphatic heterocycles. The maximum absolute atomic E-state index is 11.6. The predicted octanol–water partition coefficient (Wildman–Crippen LogP) is 3.57. The maximum atomic E-state index is 11.6. The summed E-state index contributed by atoms with van der Waals surface area (Å²) < 4.78 is 69.3. The highest BCUT2D eigenvalue weighted by Crippen LogP contribution is 2.17. The summed E-state index contributed by atoms with van der Waals surface area (Å²) in [5, 5.41) is 0. The molecular weight excluding hydrogens is 238 g/mol. The Morgan fingerprint density at radius 3 is 1.38 bits per heavy atom. The third kappa shape index (κ3) is 10.8. The molecule has 0 saturated carbocycles. The quantitative estimate of drug-likeness (QED) is 0.547. The van der Waals surface area contributed by atoms with Crippen molar-refractivity contribution in [2.24, 2.45) is 0 Å². The average molecular weight is 246 g/mol. The molecule has 0 spiro atoms. The minimum absolute atomic E-state index is 0.127. The second-order valence-electron chi connectivity index (χ2n) is 2.83. The van der Waals surface area contributed by atoms with Crippen LogP contribution in [0.25, 0.3) is 0 Å². The molecule has 16 heavy (non-hydrogen) atoms. The van der Waals surface area contributed by atoms with Crippen LogP contribution < -0.4 is 0 Å². The number of Topliss-reactive ketones (excluding diaryl/α,β-unsaturated/α-hetero) is 1. The molecule has 0 aliphatic carbocycles. The Kier molecular flexibility index (Phi) is 5.26. The van der Waals surface area contributed by atoms with Gasteiger partial charge in [-0.05, 0) is 0 Å². The molecule has 0 aromatic heterocycles. The molecule has 0 amide bonds. The van der Waals surface area contributed by atoms with Gasteiger partial charge >= 0.3 is 12.4 Å². The molecule has 1 nitrogen and oxygen atoms in total. The molecule has 0 aromatic carbocycles. The highest BCUT2D eigenvalue weighted by Gasteiger charge is 2.22. The number of hydrogen-bond acceptors (Lipinski definition) is 1. The van der Waals surface area contributed by atoms with Gasteiger partial charge in [-0.3, -0.25) is 4.79 Å². The monoisotopic (exact) mass is 246 g/mol. The van der Waals surface area contributed by atoms with Gasteiger partial charge in [0.2, 0.25) is 0 Å². The zero-order chi connectivity index (χ0) is 12.8. The lowest BCUT2D eigenvalue weighted by Crippen LogP contribution is -2.03. The number of allylic oxidation sites excluding steroid dienone is 4. The summed E-state index contributed by atoms with van der Waals surface area (Å²) in [6.45, 7) is 0. The van der Waals surface area contributed by atoms with Crippen LogP contribution in [0.5, 0.6) is 0 Å². The van der Waals surface area contributed by atoms with Crippen LogP contribution in [0.1, 0.15) is 12.8 Å². The molecule has 0 saturated heterocycles. The number of carbonyl (C=O) groups is 1. The molecule has 0 unspecified atom stereocenters. The van der Waals surface area contributed by atoms with E-state index in [0.29, 0.717) is 12.2 Å². The lowest BCUT2D eigenvalue weighted by molar-refractivity contribution is -0.117. The number of hydrogen-bond donors (Lipinski definition) is 0. The minimum atomic E-state index is -4.51. The Balaban J connectivity index is 3.94. The number of ketones is 1. The van der Waals surface area contributed by atoms with Crippen LogP contribution in [0.4, 0.5) is 26.3 Å². The fourth-order valence-corrected chi connectivity index (χ4v) is 0.731. The Morgan fingerprint density at radius 1 is 0.812 bits per heavy atom. The molecule has 0 fully saturated rings. The summed E-state index contributed by atoms with van der Waals surface area (Å²) in [6, 6.07) is 0. The average Bonchev–Trinajstić information content (AvgIpc) is 1.98. The Hall–Kier alpha value is -1.27. The van der Waals surface area contributed by atoms with Crippen LogP contribution in [0.15, 0.2) is 24.3 Å². The van der Waals surface area contributed by atoms with E-state index in [9.17, 15) is 31.1 Å². The summed E-state index contributed by atoms with van der Waals surface area (Å²) in [5.41, 5.74) is 0. The second kappa shape index (κ2) is 5.72. The van der Waals surface area contributed by atoms with E-state index < -0.39 is 31.0 Å². The standard InChI is InChI=1S/C9H8F6O/c10-8(11,12)5-1-3-7(16)4-2-6-9(13,14)15/h1-2,5-6H,3-4H2. The van der Waals surface area contributed by atoms with E-state index in [1.165, 1.54) is 0 Å². The van der Waals surface area contributed by atoms with Gasteiger partial charge in [-0.1, -0.05) is 12.2 Å². The molecule has 0 aromatic rings. The molecule has 0 rings (SSSR count). The third-order valence-electron chi connectivity index (χ3n) is 1.30. The van der Waals surface area contributed by atoms with Crippen molar-refractivity contribution in [2.75, 3.05) is 0 Å². The first-order valence-corrected chi connectivity index (χ1v) is 4.11. The van der Waals surface area contributed by atoms with E-state index in [0.717, 1.165) is 0 Å². The predicted molar refractivity (Wildman–Crippen MR) is 44.6 cm³/mol. The van der Waals surface area contributed by atoms with Gasteiger partial charge in [0.1, 0.15) is 5.78 Å². The van der Waals surface area contributed by atoms with Crippen molar-refractivity contribution in [1.29, 1.82) is 0 Å². The van der Waals surface area contributed by atoms with Crippen molar-refractivity contribution in [3.63, 3.8) is 0 Å². The molecule has 0 radical (unpaired) electrons. The first kappa shape index (κ1) is 14.7. The van der Waals surface area contributed by atoms with Gasteiger partial charge in [0.15, 0.2) is 0 Å². The van der Waals surface area contributed by atoms with E-state index in [1.807, 2.05) is 0 Å². The van der Waals surface area contributed by atoms with Gasteiger partial charge in [-0.15, -0.1) is 0 Å². The van der Waals surface area contributed by atoms with Crippen LogP contribution >= 0.6 is 0 Å². The topological polar surface area (TPSA) is 17.1 Å². The highest BCUT2D eigenvalue weighted by atomic mass is 19.4. The van der Waals surface area contributed by atoms with Crippen molar-refractivity contribution in [3.8, 4) is 0 Å². The van der Waals surface area contributed by atoms with Gasteiger partial charge in [0.05, 0.1) is 0 Å². The fraction of sp³-hybridized carbons (Fsp3) is 0.444. The molecular formula is C9H8F6O. The zero-order valence-electron chi connectivity index (χ0n) is 7.90. The largest absolute Gasteiger partial charge is 0.409 e. The van der Waals surface area contributed by atoms with Crippen LogP contribution in [0.2, 0.25) is 0 Å². The highest BCUT2D eigenvalue weighted by molar-refractivity contribution is 5.81. The molecule has 0 aliphatic rings. The fourth-order valence-electron chi connectivity index (χ4n) is 0.731. The first-order chi connectivity index (χ1) is 7.10. The van der Waals surface area contributed by atoms with E-state index in [2.05, 4.69) is 0 Å². The van der Waals surface area contributed by atoms with Crippen LogP contribution in [0.3, 0.4) is 0 Å². The first-order valence-electron chi connectivity index (χ1n) is 4.11. The lowest BCUT2D eigenvalue weighted by Gasteiger charge is -1.98. The van der Waals surface area contributed by atoms with Crippen molar-refractivity contribution in [3.05, 3.63) is 24.3 Å². The van der Waals surface area contributed by atoms with Gasteiger partial charge < -0.3 is 0 Å². The molecule has 0 heterocycles. The van der Waals surface area contributed by atoms with E-state index >= 15 is 0 Å². The number of rotatable bonds is 4. The Bertz CT molecular complexity index is 255. The van der Waals surface area contributed by atoms with E-state index in [1.54, 1.807) is 0 Å². The lowest BCUT2D eigenvalue weighted by atomic mass is 10.2. The molecule has 7 heteroatoms. The molecule has 0 atom stereocenters. The zero-order valence-corrected chi connectivity index (χ0v) is 7.90. The third-order valence-corrected chi connectivity index (χ3v) is 1.30. The van der Waals surface area contributed by atoms with E-state index in [-0.39, 0.29) is 12.2 Å². The summed E-state index contributed by atoms with van der Waals surface area (Å²) in [4.78, 5) is 10.8. The van der Waals surface area contributed by atoms with Gasteiger partial charge in [0, 0.05) is 25.0 Å². The molecule has 0 bridgehead atoms. The Labute approximate surface area is 87.4 Å². The summed E-state index contributed by atoms with van der Waals surface area (Å²) in [7, 11) is 0. The van der Waals surface area contributed by atoms with Crippen molar-refractivity contribution >= 4 is 5.78 Å².